The molecule has 34 heavy (non-hydrogen) atoms. The van der Waals surface area contributed by atoms with Crippen LogP contribution in [-0.4, -0.2) is 5.78 Å². The highest BCUT2D eigenvalue weighted by molar-refractivity contribution is 6.10. The molecule has 0 bridgehead atoms. The maximum absolute atomic E-state index is 13.1. The molecule has 0 radical (unpaired) electrons. The van der Waals surface area contributed by atoms with Crippen LogP contribution in [0.2, 0.25) is 0 Å². The molecular weight excluding hydrogens is 418 g/mol. The summed E-state index contributed by atoms with van der Waals surface area (Å²) in [6, 6.07) is 38.2. The van der Waals surface area contributed by atoms with Crippen LogP contribution in [0.25, 0.3) is 32.3 Å². The Kier molecular flexibility index (Phi) is 5.00. The van der Waals surface area contributed by atoms with Crippen LogP contribution in [0, 0.1) is 0 Å². The number of fused-ring (bicyclic) bond motifs is 4. The molecule has 0 saturated carbocycles. The summed E-state index contributed by atoms with van der Waals surface area (Å²) in [5, 5.41) is 6.51. The molecule has 0 saturated heterocycles. The van der Waals surface area contributed by atoms with Crippen LogP contribution >= 0.6 is 0 Å². The predicted molar refractivity (Wildman–Crippen MR) is 136 cm³/mol. The Bertz CT molecular complexity index is 1670. The lowest BCUT2D eigenvalue weighted by Crippen LogP contribution is -2.39. The first kappa shape index (κ1) is 20.1. The van der Waals surface area contributed by atoms with Gasteiger partial charge >= 0.3 is 5.88 Å². The number of hydrogen-bond donors (Lipinski definition) is 0. The summed E-state index contributed by atoms with van der Waals surface area (Å²) in [5.41, 5.74) is 0.685. The normalized spacial score (nSPS) is 11.2. The molecule has 0 amide bonds. The van der Waals surface area contributed by atoms with Gasteiger partial charge in [-0.3, -0.25) is 4.79 Å². The van der Waals surface area contributed by atoms with E-state index in [0.717, 1.165) is 32.7 Å². The Morgan fingerprint density at radius 1 is 0.618 bits per heavy atom. The van der Waals surface area contributed by atoms with Gasteiger partial charge in [-0.15, -0.1) is 0 Å². The lowest BCUT2D eigenvalue weighted by molar-refractivity contribution is -0.685. The fourth-order valence-corrected chi connectivity index (χ4v) is 4.55. The van der Waals surface area contributed by atoms with Gasteiger partial charge in [-0.1, -0.05) is 97.1 Å². The van der Waals surface area contributed by atoms with Crippen molar-refractivity contribution in [3.05, 3.63) is 127 Å². The van der Waals surface area contributed by atoms with Gasteiger partial charge < -0.3 is 4.74 Å². The number of benzene rings is 5. The molecule has 0 aliphatic rings. The van der Waals surface area contributed by atoms with E-state index in [1.807, 2.05) is 77.5 Å². The van der Waals surface area contributed by atoms with Crippen LogP contribution in [0.3, 0.4) is 0 Å². The second-order valence-corrected chi connectivity index (χ2v) is 8.37. The lowest BCUT2D eigenvalue weighted by Gasteiger charge is -2.12. The van der Waals surface area contributed by atoms with Crippen LogP contribution in [0.4, 0.5) is 0 Å². The number of rotatable bonds is 5. The van der Waals surface area contributed by atoms with Crippen molar-refractivity contribution in [3.8, 4) is 11.6 Å². The third-order valence-electron chi connectivity index (χ3n) is 6.23. The summed E-state index contributed by atoms with van der Waals surface area (Å²) in [6.45, 7) is 0.190. The molecule has 1 heterocycles. The summed E-state index contributed by atoms with van der Waals surface area (Å²) >= 11 is 0. The van der Waals surface area contributed by atoms with Gasteiger partial charge in [-0.05, 0) is 33.7 Å². The molecule has 6 rings (SSSR count). The van der Waals surface area contributed by atoms with Gasteiger partial charge in [-0.25, -0.2) is 0 Å². The van der Waals surface area contributed by atoms with Gasteiger partial charge in [0.1, 0.15) is 5.75 Å². The molecule has 3 heteroatoms. The van der Waals surface area contributed by atoms with Gasteiger partial charge in [0.2, 0.25) is 12.3 Å². The molecule has 162 valence electrons. The quantitative estimate of drug-likeness (QED) is 0.162. The average Bonchev–Trinajstić information content (AvgIpc) is 2.90. The van der Waals surface area contributed by atoms with Gasteiger partial charge in [0.15, 0.2) is 6.20 Å². The first-order valence-corrected chi connectivity index (χ1v) is 11.4. The molecule has 0 aliphatic carbocycles. The molecule has 1 aromatic heterocycles. The van der Waals surface area contributed by atoms with E-state index in [9.17, 15) is 4.79 Å². The maximum Gasteiger partial charge on any atom is 0.381 e. The zero-order chi connectivity index (χ0) is 22.9. The summed E-state index contributed by atoms with van der Waals surface area (Å²) in [7, 11) is 0. The van der Waals surface area contributed by atoms with E-state index < -0.39 is 0 Å². The number of pyridine rings is 1. The van der Waals surface area contributed by atoms with Gasteiger partial charge in [-0.2, -0.15) is 4.57 Å². The van der Waals surface area contributed by atoms with Crippen molar-refractivity contribution in [1.82, 2.24) is 0 Å². The summed E-state index contributed by atoms with van der Waals surface area (Å²) in [5.74, 6) is 1.46. The van der Waals surface area contributed by atoms with Crippen LogP contribution in [0.5, 0.6) is 11.6 Å². The average molecular weight is 441 g/mol. The third-order valence-corrected chi connectivity index (χ3v) is 6.23. The molecule has 0 unspecified atom stereocenters. The minimum atomic E-state index is 0.0362. The van der Waals surface area contributed by atoms with Crippen LogP contribution in [0.1, 0.15) is 10.4 Å². The molecular formula is C31H22NO2+. The second-order valence-electron chi connectivity index (χ2n) is 8.37. The predicted octanol–water partition coefficient (Wildman–Crippen LogP) is 7.11. The number of carbonyl (C=O) groups is 1. The van der Waals surface area contributed by atoms with Gasteiger partial charge in [0.25, 0.3) is 0 Å². The van der Waals surface area contributed by atoms with Crippen molar-refractivity contribution < 1.29 is 14.1 Å². The molecule has 0 N–H and O–H groups in total. The molecule has 5 aromatic carbocycles. The van der Waals surface area contributed by atoms with Crippen molar-refractivity contribution >= 4 is 38.1 Å². The summed E-state index contributed by atoms with van der Waals surface area (Å²) in [6.07, 6.45) is 1.93. The van der Waals surface area contributed by atoms with E-state index in [1.54, 1.807) is 0 Å². The van der Waals surface area contributed by atoms with Gasteiger partial charge in [0, 0.05) is 17.0 Å². The molecule has 0 fully saturated rings. The van der Waals surface area contributed by atoms with Crippen molar-refractivity contribution in [2.75, 3.05) is 0 Å². The molecule has 6 aromatic rings. The Morgan fingerprint density at radius 3 is 2.03 bits per heavy atom. The second kappa shape index (κ2) is 8.45. The highest BCUT2D eigenvalue weighted by Gasteiger charge is 2.22. The van der Waals surface area contributed by atoms with Crippen LogP contribution in [0.15, 0.2) is 121 Å². The molecule has 3 nitrogen and oxygen atoms in total. The van der Waals surface area contributed by atoms with Crippen molar-refractivity contribution in [3.63, 3.8) is 0 Å². The number of ketones is 1. The van der Waals surface area contributed by atoms with E-state index >= 15 is 0 Å². The first-order valence-electron chi connectivity index (χ1n) is 11.4. The monoisotopic (exact) mass is 440 g/mol. The number of hydrogen-bond acceptors (Lipinski definition) is 2. The molecule has 0 spiro atoms. The van der Waals surface area contributed by atoms with E-state index in [4.69, 9.17) is 4.74 Å². The topological polar surface area (TPSA) is 30.2 Å². The Labute approximate surface area is 197 Å². The van der Waals surface area contributed by atoms with Crippen LogP contribution in [-0.2, 0) is 6.54 Å². The number of ether oxygens (including phenoxy) is 1. The minimum absolute atomic E-state index is 0.0362. The highest BCUT2D eigenvalue weighted by Crippen LogP contribution is 2.36. The smallest absolute Gasteiger partial charge is 0.381 e. The largest absolute Gasteiger partial charge is 0.404 e. The van der Waals surface area contributed by atoms with Crippen molar-refractivity contribution in [2.45, 2.75) is 6.54 Å². The minimum Gasteiger partial charge on any atom is -0.404 e. The van der Waals surface area contributed by atoms with E-state index in [0.29, 0.717) is 11.4 Å². The van der Waals surface area contributed by atoms with Crippen LogP contribution < -0.4 is 9.30 Å². The zero-order valence-corrected chi connectivity index (χ0v) is 18.5. The standard InChI is InChI=1S/C31H22NO2/c33-29(23-11-2-1-3-12-23)21-32-19-18-22-10-4-7-15-26(22)31(32)34-30-20-24-13-5-6-14-25(24)27-16-8-9-17-28(27)30/h1-20H,21H2/q+1. The fraction of sp³-hybridized carbons (Fsp3) is 0.0323. The highest BCUT2D eigenvalue weighted by atomic mass is 16.5. The number of aromatic nitrogens is 1. The molecule has 0 aliphatic heterocycles. The van der Waals surface area contributed by atoms with E-state index in [1.165, 1.54) is 5.39 Å². The zero-order valence-electron chi connectivity index (χ0n) is 18.5. The number of Topliss-reactive ketones (excluding diaryl/α,β-unsaturated/α-hetero) is 1. The van der Waals surface area contributed by atoms with Gasteiger partial charge in [0.05, 0.1) is 5.39 Å². The Morgan fingerprint density at radius 2 is 1.24 bits per heavy atom. The summed E-state index contributed by atoms with van der Waals surface area (Å²) in [4.78, 5) is 13.1. The van der Waals surface area contributed by atoms with Crippen molar-refractivity contribution in [2.24, 2.45) is 0 Å². The number of nitrogens with zero attached hydrogens (tertiary/aromatic N) is 1. The third kappa shape index (κ3) is 3.57. The maximum atomic E-state index is 13.1. The Balaban J connectivity index is 1.52. The SMILES string of the molecule is O=C(C[n+]1ccc2ccccc2c1Oc1cc2ccccc2c2ccccc12)c1ccccc1. The Hall–Kier alpha value is -4.50. The lowest BCUT2D eigenvalue weighted by atomic mass is 10.0. The first-order chi connectivity index (χ1) is 16.8. The number of carbonyl (C=O) groups excluding carboxylic acids is 1. The van der Waals surface area contributed by atoms with Crippen molar-refractivity contribution in [1.29, 1.82) is 0 Å². The molecule has 0 atom stereocenters. The summed E-state index contributed by atoms with van der Waals surface area (Å²) < 4.78 is 8.60. The fourth-order valence-electron chi connectivity index (χ4n) is 4.55. The van der Waals surface area contributed by atoms with E-state index in [-0.39, 0.29) is 12.3 Å². The van der Waals surface area contributed by atoms with E-state index in [2.05, 4.69) is 48.5 Å².